The van der Waals surface area contributed by atoms with Gasteiger partial charge in [0.25, 0.3) is 5.91 Å². The normalized spacial score (nSPS) is 21.2. The first-order valence-electron chi connectivity index (χ1n) is 8.87. The van der Waals surface area contributed by atoms with Crippen LogP contribution in [0.5, 0.6) is 0 Å². The van der Waals surface area contributed by atoms with Gasteiger partial charge in [-0.1, -0.05) is 12.1 Å². The Balaban J connectivity index is 1.58. The van der Waals surface area contributed by atoms with E-state index in [9.17, 15) is 22.8 Å². The first-order chi connectivity index (χ1) is 13.2. The van der Waals surface area contributed by atoms with E-state index in [0.29, 0.717) is 12.1 Å². The molecule has 1 fully saturated rings. The Morgan fingerprint density at radius 1 is 1.32 bits per heavy atom. The van der Waals surface area contributed by atoms with E-state index in [1.54, 1.807) is 18.2 Å². The molecule has 150 valence electrons. The molecule has 0 aliphatic carbocycles. The smallest absolute Gasteiger partial charge is 0.355 e. The summed E-state index contributed by atoms with van der Waals surface area (Å²) in [7, 11) is -3.19. The summed E-state index contributed by atoms with van der Waals surface area (Å²) in [5.41, 5.74) is 1.58. The largest absolute Gasteiger partial charge is 0.451 e. The van der Waals surface area contributed by atoms with Gasteiger partial charge >= 0.3 is 5.97 Å². The number of amides is 2. The molecule has 2 aliphatic rings. The van der Waals surface area contributed by atoms with E-state index in [1.807, 2.05) is 13.0 Å². The summed E-state index contributed by atoms with van der Waals surface area (Å²) in [6.45, 7) is 1.40. The van der Waals surface area contributed by atoms with Crippen LogP contribution in [-0.2, 0) is 29.0 Å². The van der Waals surface area contributed by atoms with E-state index in [4.69, 9.17) is 4.74 Å². The second-order valence-corrected chi connectivity index (χ2v) is 9.06. The summed E-state index contributed by atoms with van der Waals surface area (Å²) >= 11 is 0. The predicted octanol–water partition coefficient (Wildman–Crippen LogP) is 0.642. The summed E-state index contributed by atoms with van der Waals surface area (Å²) in [6, 6.07) is 6.62. The molecule has 0 radical (unpaired) electrons. The molecule has 2 heterocycles. The van der Waals surface area contributed by atoms with Gasteiger partial charge in [-0.15, -0.1) is 0 Å². The van der Waals surface area contributed by atoms with Gasteiger partial charge in [0.15, 0.2) is 16.4 Å². The zero-order chi connectivity index (χ0) is 20.3. The molecule has 1 aromatic carbocycles. The van der Waals surface area contributed by atoms with Gasteiger partial charge in [0.05, 0.1) is 17.5 Å². The van der Waals surface area contributed by atoms with Gasteiger partial charge in [0.1, 0.15) is 5.71 Å². The number of nitrogens with zero attached hydrogens (tertiary/aromatic N) is 2. The number of carbonyl (C=O) groups excluding carboxylic acids is 3. The monoisotopic (exact) mass is 407 g/mol. The van der Waals surface area contributed by atoms with Crippen molar-refractivity contribution in [3.05, 3.63) is 29.8 Å². The first-order valence-corrected chi connectivity index (χ1v) is 10.7. The molecule has 0 saturated carbocycles. The molecule has 2 amide bonds. The summed E-state index contributed by atoms with van der Waals surface area (Å²) in [5.74, 6) is -1.78. The van der Waals surface area contributed by atoms with Crippen molar-refractivity contribution in [2.75, 3.05) is 23.4 Å². The van der Waals surface area contributed by atoms with Crippen LogP contribution in [0.3, 0.4) is 0 Å². The standard InChI is InChI=1S/C18H21N3O6S/c1-12-3-2-4-13(9-12)19-16(22)10-27-18(24)15-5-6-17(23)21(20-15)14-7-8-28(25,26)11-14/h2-4,9,14H,5-8,10-11H2,1H3,(H,19,22)/t14-/m1/s1. The minimum Gasteiger partial charge on any atom is -0.451 e. The Bertz CT molecular complexity index is 940. The van der Waals surface area contributed by atoms with Crippen molar-refractivity contribution < 1.29 is 27.5 Å². The lowest BCUT2D eigenvalue weighted by molar-refractivity contribution is -0.141. The molecule has 28 heavy (non-hydrogen) atoms. The minimum absolute atomic E-state index is 0.00409. The van der Waals surface area contributed by atoms with Gasteiger partial charge in [-0.05, 0) is 31.0 Å². The number of hydrogen-bond donors (Lipinski definition) is 1. The summed E-state index contributed by atoms with van der Waals surface area (Å²) in [6.07, 6.45) is 0.423. The number of esters is 1. The maximum atomic E-state index is 12.2. The number of aryl methyl sites for hydroxylation is 1. The molecule has 2 aliphatic heterocycles. The lowest BCUT2D eigenvalue weighted by Gasteiger charge is -2.27. The lowest BCUT2D eigenvalue weighted by Crippen LogP contribution is -2.42. The van der Waals surface area contributed by atoms with Crippen LogP contribution in [0.15, 0.2) is 29.4 Å². The van der Waals surface area contributed by atoms with E-state index in [0.717, 1.165) is 10.6 Å². The SMILES string of the molecule is Cc1cccc(NC(=O)COC(=O)C2=NN([C@@H]3CCS(=O)(=O)C3)C(=O)CC2)c1. The Morgan fingerprint density at radius 3 is 2.79 bits per heavy atom. The molecule has 1 aromatic rings. The van der Waals surface area contributed by atoms with Crippen molar-refractivity contribution in [3.8, 4) is 0 Å². The lowest BCUT2D eigenvalue weighted by atomic mass is 10.1. The van der Waals surface area contributed by atoms with Crippen LogP contribution in [0.4, 0.5) is 5.69 Å². The van der Waals surface area contributed by atoms with Gasteiger partial charge < -0.3 is 10.1 Å². The zero-order valence-corrected chi connectivity index (χ0v) is 16.2. The third kappa shape index (κ3) is 4.94. The van der Waals surface area contributed by atoms with Crippen LogP contribution in [-0.4, -0.2) is 61.1 Å². The highest BCUT2D eigenvalue weighted by Gasteiger charge is 2.37. The van der Waals surface area contributed by atoms with Crippen LogP contribution in [0, 0.1) is 6.92 Å². The molecule has 0 bridgehead atoms. The van der Waals surface area contributed by atoms with Gasteiger partial charge in [0, 0.05) is 18.5 Å². The van der Waals surface area contributed by atoms with Crippen LogP contribution in [0.25, 0.3) is 0 Å². The number of carbonyl (C=O) groups is 3. The van der Waals surface area contributed by atoms with Gasteiger partial charge in [-0.25, -0.2) is 18.2 Å². The number of hydrazone groups is 1. The van der Waals surface area contributed by atoms with E-state index >= 15 is 0 Å². The van der Waals surface area contributed by atoms with Crippen LogP contribution in [0.1, 0.15) is 24.8 Å². The van der Waals surface area contributed by atoms with Crippen LogP contribution in [0.2, 0.25) is 0 Å². The molecular formula is C18H21N3O6S. The fourth-order valence-electron chi connectivity index (χ4n) is 3.11. The second kappa shape index (κ2) is 8.09. The Morgan fingerprint density at radius 2 is 2.11 bits per heavy atom. The van der Waals surface area contributed by atoms with E-state index in [2.05, 4.69) is 10.4 Å². The third-order valence-corrected chi connectivity index (χ3v) is 6.24. The van der Waals surface area contributed by atoms with E-state index in [-0.39, 0.29) is 36.0 Å². The van der Waals surface area contributed by atoms with E-state index < -0.39 is 34.4 Å². The molecule has 1 N–H and O–H groups in total. The van der Waals surface area contributed by atoms with Crippen LogP contribution >= 0.6 is 0 Å². The topological polar surface area (TPSA) is 122 Å². The molecule has 10 heteroatoms. The quantitative estimate of drug-likeness (QED) is 0.715. The zero-order valence-electron chi connectivity index (χ0n) is 15.4. The minimum atomic E-state index is -3.19. The fraction of sp³-hybridized carbons (Fsp3) is 0.444. The first kappa shape index (κ1) is 20.0. The molecular weight excluding hydrogens is 386 g/mol. The summed E-state index contributed by atoms with van der Waals surface area (Å²) in [4.78, 5) is 36.2. The number of rotatable bonds is 5. The number of nitrogens with one attached hydrogen (secondary N) is 1. The number of ether oxygens (including phenoxy) is 1. The average molecular weight is 407 g/mol. The maximum absolute atomic E-state index is 12.2. The number of sulfone groups is 1. The molecule has 9 nitrogen and oxygen atoms in total. The predicted molar refractivity (Wildman–Crippen MR) is 101 cm³/mol. The third-order valence-electron chi connectivity index (χ3n) is 4.49. The fourth-order valence-corrected chi connectivity index (χ4v) is 4.80. The molecule has 1 saturated heterocycles. The number of benzene rings is 1. The van der Waals surface area contributed by atoms with E-state index in [1.165, 1.54) is 0 Å². The highest BCUT2D eigenvalue weighted by molar-refractivity contribution is 7.91. The summed E-state index contributed by atoms with van der Waals surface area (Å²) in [5, 5.41) is 7.72. The average Bonchev–Trinajstić information content (AvgIpc) is 3.00. The molecule has 3 rings (SSSR count). The van der Waals surface area contributed by atoms with Crippen molar-refractivity contribution in [1.29, 1.82) is 0 Å². The summed E-state index contributed by atoms with van der Waals surface area (Å²) < 4.78 is 28.3. The van der Waals surface area contributed by atoms with Crippen molar-refractivity contribution in [3.63, 3.8) is 0 Å². The number of hydrogen-bond acceptors (Lipinski definition) is 7. The van der Waals surface area contributed by atoms with Crippen molar-refractivity contribution in [1.82, 2.24) is 5.01 Å². The van der Waals surface area contributed by atoms with Crippen molar-refractivity contribution >= 4 is 39.0 Å². The Hall–Kier alpha value is -2.75. The van der Waals surface area contributed by atoms with Crippen molar-refractivity contribution in [2.24, 2.45) is 5.10 Å². The molecule has 1 atom stereocenters. The molecule has 0 aromatic heterocycles. The van der Waals surface area contributed by atoms with Gasteiger partial charge in [0.2, 0.25) is 5.91 Å². The maximum Gasteiger partial charge on any atom is 0.355 e. The second-order valence-electron chi connectivity index (χ2n) is 6.84. The van der Waals surface area contributed by atoms with Gasteiger partial charge in [-0.2, -0.15) is 5.10 Å². The highest BCUT2D eigenvalue weighted by atomic mass is 32.2. The number of anilines is 1. The highest BCUT2D eigenvalue weighted by Crippen LogP contribution is 2.22. The Labute approximate surface area is 162 Å². The van der Waals surface area contributed by atoms with Crippen LogP contribution < -0.4 is 5.32 Å². The van der Waals surface area contributed by atoms with Crippen molar-refractivity contribution in [2.45, 2.75) is 32.2 Å². The molecule has 0 unspecified atom stereocenters. The Kier molecular flexibility index (Phi) is 5.78. The van der Waals surface area contributed by atoms with Gasteiger partial charge in [-0.3, -0.25) is 9.59 Å². The molecule has 0 spiro atoms.